The molecule has 0 atom stereocenters. The lowest BCUT2D eigenvalue weighted by atomic mass is 9.73. The third-order valence-electron chi connectivity index (χ3n) is 4.78. The number of aliphatic imine (C=N–C) groups is 1. The second-order valence-electron chi connectivity index (χ2n) is 6.43. The molecule has 0 spiro atoms. The zero-order valence-electron chi connectivity index (χ0n) is 15.3. The Labute approximate surface area is 182 Å². The highest BCUT2D eigenvalue weighted by Crippen LogP contribution is 2.41. The molecule has 1 heterocycles. The summed E-state index contributed by atoms with van der Waals surface area (Å²) in [5.41, 5.74) is 7.87. The SMILES string of the molecule is COc1ccc(Cl)cc1C1(CN=C(N)Nc2ccccc2)CCOCC1.I. The van der Waals surface area contributed by atoms with Crippen LogP contribution in [0.4, 0.5) is 5.69 Å². The predicted octanol–water partition coefficient (Wildman–Crippen LogP) is 4.44. The molecule has 3 rings (SSSR count). The Kier molecular flexibility index (Phi) is 8.19. The fourth-order valence-corrected chi connectivity index (χ4v) is 3.49. The standard InChI is InChI=1S/C20H24ClN3O2.HI/c1-25-18-8-7-15(21)13-17(18)20(9-11-26-12-10-20)14-23-19(22)24-16-5-3-2-4-6-16;/h2-8,13H,9-12,14H2,1H3,(H3,22,23,24);1H. The topological polar surface area (TPSA) is 68.9 Å². The molecule has 0 aliphatic carbocycles. The van der Waals surface area contributed by atoms with Gasteiger partial charge in [-0.15, -0.1) is 24.0 Å². The van der Waals surface area contributed by atoms with E-state index >= 15 is 0 Å². The van der Waals surface area contributed by atoms with Crippen molar-refractivity contribution in [3.63, 3.8) is 0 Å². The van der Waals surface area contributed by atoms with E-state index in [0.29, 0.717) is 30.7 Å². The van der Waals surface area contributed by atoms with E-state index in [4.69, 9.17) is 26.8 Å². The molecule has 2 aromatic rings. The molecule has 0 bridgehead atoms. The van der Waals surface area contributed by atoms with Crippen LogP contribution in [0, 0.1) is 0 Å². The van der Waals surface area contributed by atoms with Crippen LogP contribution in [0.5, 0.6) is 5.75 Å². The molecule has 27 heavy (non-hydrogen) atoms. The predicted molar refractivity (Wildman–Crippen MR) is 122 cm³/mol. The zero-order chi connectivity index (χ0) is 18.4. The molecule has 146 valence electrons. The van der Waals surface area contributed by atoms with Gasteiger partial charge < -0.3 is 20.5 Å². The number of hydrogen-bond donors (Lipinski definition) is 2. The molecule has 2 aromatic carbocycles. The van der Waals surface area contributed by atoms with Gasteiger partial charge >= 0.3 is 0 Å². The van der Waals surface area contributed by atoms with Crippen molar-refractivity contribution in [2.45, 2.75) is 18.3 Å². The molecule has 0 aromatic heterocycles. The Hall–Kier alpha value is -1.51. The Morgan fingerprint density at radius 3 is 2.59 bits per heavy atom. The van der Waals surface area contributed by atoms with Gasteiger partial charge in [-0.2, -0.15) is 0 Å². The van der Waals surface area contributed by atoms with E-state index in [1.54, 1.807) is 7.11 Å². The first kappa shape index (κ1) is 21.8. The van der Waals surface area contributed by atoms with E-state index < -0.39 is 0 Å². The number of ether oxygens (including phenoxy) is 2. The Balaban J connectivity index is 0.00000261. The molecule has 0 saturated carbocycles. The molecule has 1 fully saturated rings. The van der Waals surface area contributed by atoms with Crippen LogP contribution in [0.15, 0.2) is 53.5 Å². The third kappa shape index (κ3) is 5.49. The highest BCUT2D eigenvalue weighted by atomic mass is 127. The highest BCUT2D eigenvalue weighted by molar-refractivity contribution is 14.0. The van der Waals surface area contributed by atoms with E-state index in [9.17, 15) is 0 Å². The van der Waals surface area contributed by atoms with Gasteiger partial charge in [0.15, 0.2) is 5.96 Å². The average molecular weight is 502 g/mol. The van der Waals surface area contributed by atoms with E-state index in [-0.39, 0.29) is 29.4 Å². The van der Waals surface area contributed by atoms with Crippen LogP contribution in [0.3, 0.4) is 0 Å². The Bertz CT molecular complexity index is 765. The summed E-state index contributed by atoms with van der Waals surface area (Å²) in [5.74, 6) is 1.21. The summed E-state index contributed by atoms with van der Waals surface area (Å²) in [4.78, 5) is 4.63. The monoisotopic (exact) mass is 501 g/mol. The maximum Gasteiger partial charge on any atom is 0.193 e. The summed E-state index contributed by atoms with van der Waals surface area (Å²) in [5, 5.41) is 3.82. The number of para-hydroxylation sites is 1. The van der Waals surface area contributed by atoms with E-state index in [1.165, 1.54) is 0 Å². The van der Waals surface area contributed by atoms with Gasteiger partial charge in [0.25, 0.3) is 0 Å². The summed E-state index contributed by atoms with van der Waals surface area (Å²) < 4.78 is 11.2. The van der Waals surface area contributed by atoms with Crippen molar-refractivity contribution < 1.29 is 9.47 Å². The normalized spacial score (nSPS) is 16.3. The minimum Gasteiger partial charge on any atom is -0.496 e. The molecule has 3 N–H and O–H groups in total. The van der Waals surface area contributed by atoms with Gasteiger partial charge in [0, 0.05) is 34.9 Å². The fourth-order valence-electron chi connectivity index (χ4n) is 3.31. The lowest BCUT2D eigenvalue weighted by Crippen LogP contribution is -2.38. The van der Waals surface area contributed by atoms with Gasteiger partial charge in [-0.05, 0) is 43.2 Å². The van der Waals surface area contributed by atoms with Crippen LogP contribution in [0.2, 0.25) is 5.02 Å². The molecular formula is C20H25ClIN3O2. The highest BCUT2D eigenvalue weighted by Gasteiger charge is 2.37. The maximum absolute atomic E-state index is 6.27. The lowest BCUT2D eigenvalue weighted by molar-refractivity contribution is 0.0523. The first-order chi connectivity index (χ1) is 12.6. The van der Waals surface area contributed by atoms with Crippen molar-refractivity contribution in [2.75, 3.05) is 32.2 Å². The largest absolute Gasteiger partial charge is 0.496 e. The van der Waals surface area contributed by atoms with Crippen molar-refractivity contribution in [3.05, 3.63) is 59.1 Å². The van der Waals surface area contributed by atoms with Crippen LogP contribution < -0.4 is 15.8 Å². The number of nitrogens with one attached hydrogen (secondary N) is 1. The quantitative estimate of drug-likeness (QED) is 0.361. The van der Waals surface area contributed by atoms with Crippen LogP contribution >= 0.6 is 35.6 Å². The fraction of sp³-hybridized carbons (Fsp3) is 0.350. The second-order valence-corrected chi connectivity index (χ2v) is 6.87. The molecule has 1 saturated heterocycles. The molecule has 0 amide bonds. The van der Waals surface area contributed by atoms with Crippen LogP contribution in [-0.4, -0.2) is 32.8 Å². The zero-order valence-corrected chi connectivity index (χ0v) is 18.4. The molecule has 5 nitrogen and oxygen atoms in total. The minimum absolute atomic E-state index is 0. The maximum atomic E-state index is 6.27. The number of nitrogens with zero attached hydrogens (tertiary/aromatic N) is 1. The molecule has 0 radical (unpaired) electrons. The summed E-state index contributed by atoms with van der Waals surface area (Å²) in [6.07, 6.45) is 1.68. The van der Waals surface area contributed by atoms with Gasteiger partial charge in [-0.1, -0.05) is 29.8 Å². The van der Waals surface area contributed by atoms with Crippen molar-refractivity contribution in [1.82, 2.24) is 0 Å². The van der Waals surface area contributed by atoms with Crippen LogP contribution in [0.1, 0.15) is 18.4 Å². The smallest absolute Gasteiger partial charge is 0.193 e. The van der Waals surface area contributed by atoms with Crippen molar-refractivity contribution in [1.29, 1.82) is 0 Å². The first-order valence-electron chi connectivity index (χ1n) is 8.67. The molecular weight excluding hydrogens is 477 g/mol. The Morgan fingerprint density at radius 1 is 1.22 bits per heavy atom. The van der Waals surface area contributed by atoms with Gasteiger partial charge in [0.2, 0.25) is 0 Å². The number of nitrogens with two attached hydrogens (primary N) is 1. The summed E-state index contributed by atoms with van der Waals surface area (Å²) in [7, 11) is 1.67. The average Bonchev–Trinajstić information content (AvgIpc) is 2.68. The van der Waals surface area contributed by atoms with Crippen molar-refractivity contribution in [3.8, 4) is 5.75 Å². The number of benzene rings is 2. The van der Waals surface area contributed by atoms with Crippen molar-refractivity contribution in [2.24, 2.45) is 10.7 Å². The molecule has 1 aliphatic heterocycles. The number of guanidine groups is 1. The van der Waals surface area contributed by atoms with Gasteiger partial charge in [-0.3, -0.25) is 4.99 Å². The third-order valence-corrected chi connectivity index (χ3v) is 5.02. The van der Waals surface area contributed by atoms with Gasteiger partial charge in [-0.25, -0.2) is 0 Å². The second kappa shape index (κ2) is 10.1. The van der Waals surface area contributed by atoms with Crippen LogP contribution in [-0.2, 0) is 10.2 Å². The van der Waals surface area contributed by atoms with E-state index in [2.05, 4.69) is 10.3 Å². The number of anilines is 1. The van der Waals surface area contributed by atoms with E-state index in [0.717, 1.165) is 29.8 Å². The Morgan fingerprint density at radius 2 is 1.93 bits per heavy atom. The number of rotatable bonds is 5. The number of halogens is 2. The van der Waals surface area contributed by atoms with Crippen molar-refractivity contribution >= 4 is 47.2 Å². The molecule has 7 heteroatoms. The first-order valence-corrected chi connectivity index (χ1v) is 9.04. The summed E-state index contributed by atoms with van der Waals surface area (Å²) >= 11 is 6.27. The summed E-state index contributed by atoms with van der Waals surface area (Å²) in [6, 6.07) is 15.5. The minimum atomic E-state index is -0.211. The van der Waals surface area contributed by atoms with Gasteiger partial charge in [0.05, 0.1) is 13.7 Å². The van der Waals surface area contributed by atoms with E-state index in [1.807, 2.05) is 48.5 Å². The number of hydrogen-bond acceptors (Lipinski definition) is 3. The number of methoxy groups -OCH3 is 1. The molecule has 0 unspecified atom stereocenters. The molecule has 1 aliphatic rings. The lowest BCUT2D eigenvalue weighted by Gasteiger charge is -2.37. The summed E-state index contributed by atoms with van der Waals surface area (Å²) in [6.45, 7) is 1.90. The van der Waals surface area contributed by atoms with Gasteiger partial charge in [0.1, 0.15) is 5.75 Å². The van der Waals surface area contributed by atoms with Crippen LogP contribution in [0.25, 0.3) is 0 Å².